The van der Waals surface area contributed by atoms with Crippen LogP contribution in [0.15, 0.2) is 24.3 Å². The quantitative estimate of drug-likeness (QED) is 0.879. The molecule has 4 heteroatoms. The molecule has 0 heterocycles. The van der Waals surface area contributed by atoms with E-state index in [0.29, 0.717) is 5.75 Å². The lowest BCUT2D eigenvalue weighted by molar-refractivity contribution is -0.128. The van der Waals surface area contributed by atoms with Gasteiger partial charge in [-0.3, -0.25) is 4.79 Å². The van der Waals surface area contributed by atoms with E-state index < -0.39 is 12.2 Å². The van der Waals surface area contributed by atoms with Crippen LogP contribution in [-0.2, 0) is 4.79 Å². The van der Waals surface area contributed by atoms with Crippen molar-refractivity contribution in [2.24, 2.45) is 0 Å². The zero-order valence-corrected chi connectivity index (χ0v) is 12.2. The Labute approximate surface area is 114 Å². The minimum atomic E-state index is -0.580. The van der Waals surface area contributed by atoms with Crippen LogP contribution < -0.4 is 10.1 Å². The molecule has 19 heavy (non-hydrogen) atoms. The highest BCUT2D eigenvalue weighted by molar-refractivity contribution is 5.81. The Morgan fingerprint density at radius 1 is 1.32 bits per heavy atom. The van der Waals surface area contributed by atoms with Gasteiger partial charge in [0.05, 0.1) is 6.10 Å². The second-order valence-corrected chi connectivity index (χ2v) is 5.75. The maximum atomic E-state index is 11.9. The van der Waals surface area contributed by atoms with Crippen molar-refractivity contribution in [3.05, 3.63) is 29.8 Å². The van der Waals surface area contributed by atoms with Gasteiger partial charge in [0.2, 0.25) is 0 Å². The summed E-state index contributed by atoms with van der Waals surface area (Å²) in [4.78, 5) is 11.9. The van der Waals surface area contributed by atoms with Gasteiger partial charge in [-0.2, -0.15) is 0 Å². The molecular weight excluding hydrogens is 242 g/mol. The Hall–Kier alpha value is -1.55. The fourth-order valence-electron chi connectivity index (χ4n) is 1.58. The molecule has 4 nitrogen and oxygen atoms in total. The molecule has 0 fully saturated rings. The van der Waals surface area contributed by atoms with E-state index >= 15 is 0 Å². The van der Waals surface area contributed by atoms with Gasteiger partial charge < -0.3 is 15.2 Å². The summed E-state index contributed by atoms with van der Waals surface area (Å²) < 4.78 is 5.59. The van der Waals surface area contributed by atoms with Crippen LogP contribution in [0.1, 0.15) is 46.3 Å². The molecule has 2 unspecified atom stereocenters. The number of ether oxygens (including phenoxy) is 1. The summed E-state index contributed by atoms with van der Waals surface area (Å²) in [5.41, 5.74) is 0.483. The van der Waals surface area contributed by atoms with Crippen LogP contribution in [0.3, 0.4) is 0 Å². The molecule has 0 saturated carbocycles. The Bertz CT molecular complexity index is 435. The van der Waals surface area contributed by atoms with Gasteiger partial charge in [-0.15, -0.1) is 0 Å². The van der Waals surface area contributed by atoms with Gasteiger partial charge in [-0.1, -0.05) is 12.1 Å². The van der Waals surface area contributed by atoms with E-state index in [1.54, 1.807) is 32.0 Å². The molecule has 1 aromatic carbocycles. The van der Waals surface area contributed by atoms with Gasteiger partial charge >= 0.3 is 0 Å². The first-order valence-corrected chi connectivity index (χ1v) is 6.46. The molecule has 0 bridgehead atoms. The maximum Gasteiger partial charge on any atom is 0.261 e. The van der Waals surface area contributed by atoms with Gasteiger partial charge in [0, 0.05) is 5.54 Å². The summed E-state index contributed by atoms with van der Waals surface area (Å²) in [7, 11) is 0. The molecule has 0 aliphatic rings. The van der Waals surface area contributed by atoms with Crippen molar-refractivity contribution < 1.29 is 14.6 Å². The predicted molar refractivity (Wildman–Crippen MR) is 75.1 cm³/mol. The minimum absolute atomic E-state index is 0.157. The average Bonchev–Trinajstić information content (AvgIpc) is 2.27. The molecule has 0 saturated heterocycles. The zero-order valence-electron chi connectivity index (χ0n) is 12.2. The van der Waals surface area contributed by atoms with Crippen LogP contribution in [-0.4, -0.2) is 22.7 Å². The summed E-state index contributed by atoms with van der Waals surface area (Å²) in [5.74, 6) is 0.421. The first-order chi connectivity index (χ1) is 8.69. The SMILES string of the molecule is CC(Oc1cccc(C(C)O)c1)C(=O)NC(C)(C)C. The van der Waals surface area contributed by atoms with Crippen molar-refractivity contribution >= 4 is 5.91 Å². The van der Waals surface area contributed by atoms with E-state index in [4.69, 9.17) is 4.74 Å². The van der Waals surface area contributed by atoms with Gasteiger partial charge in [-0.05, 0) is 52.3 Å². The molecule has 0 radical (unpaired) electrons. The van der Waals surface area contributed by atoms with Crippen molar-refractivity contribution in [2.75, 3.05) is 0 Å². The average molecular weight is 265 g/mol. The van der Waals surface area contributed by atoms with E-state index in [2.05, 4.69) is 5.32 Å². The van der Waals surface area contributed by atoms with Gasteiger partial charge in [0.15, 0.2) is 6.10 Å². The number of benzene rings is 1. The fourth-order valence-corrected chi connectivity index (χ4v) is 1.58. The number of rotatable bonds is 4. The summed E-state index contributed by atoms with van der Waals surface area (Å²) in [6.45, 7) is 9.16. The van der Waals surface area contributed by atoms with Crippen molar-refractivity contribution in [3.63, 3.8) is 0 Å². The largest absolute Gasteiger partial charge is 0.481 e. The molecule has 0 aromatic heterocycles. The lowest BCUT2D eigenvalue weighted by Gasteiger charge is -2.23. The molecule has 2 atom stereocenters. The highest BCUT2D eigenvalue weighted by Crippen LogP contribution is 2.19. The molecule has 1 amide bonds. The molecule has 0 aliphatic carbocycles. The summed E-state index contributed by atoms with van der Waals surface area (Å²) in [5, 5.41) is 12.4. The van der Waals surface area contributed by atoms with Crippen LogP contribution in [0, 0.1) is 0 Å². The first kappa shape index (κ1) is 15.5. The van der Waals surface area contributed by atoms with Gasteiger partial charge in [0.25, 0.3) is 5.91 Å². The van der Waals surface area contributed by atoms with E-state index in [0.717, 1.165) is 5.56 Å². The number of aliphatic hydroxyl groups is 1. The number of carbonyl (C=O) groups is 1. The number of amides is 1. The Kier molecular flexibility index (Phi) is 4.95. The molecule has 1 aromatic rings. The minimum Gasteiger partial charge on any atom is -0.481 e. The van der Waals surface area contributed by atoms with Crippen molar-refractivity contribution in [2.45, 2.75) is 52.4 Å². The topological polar surface area (TPSA) is 58.6 Å². The Morgan fingerprint density at radius 2 is 1.95 bits per heavy atom. The van der Waals surface area contributed by atoms with E-state index in [1.807, 2.05) is 26.8 Å². The van der Waals surface area contributed by atoms with Crippen molar-refractivity contribution in [1.82, 2.24) is 5.32 Å². The highest BCUT2D eigenvalue weighted by Gasteiger charge is 2.20. The predicted octanol–water partition coefficient (Wildman–Crippen LogP) is 2.42. The second kappa shape index (κ2) is 6.06. The summed E-state index contributed by atoms with van der Waals surface area (Å²) in [6.07, 6.45) is -1.13. The summed E-state index contributed by atoms with van der Waals surface area (Å²) >= 11 is 0. The van der Waals surface area contributed by atoms with E-state index in [1.165, 1.54) is 0 Å². The van der Waals surface area contributed by atoms with Crippen LogP contribution in [0.25, 0.3) is 0 Å². The van der Waals surface area contributed by atoms with Crippen LogP contribution in [0.4, 0.5) is 0 Å². The molecule has 0 aliphatic heterocycles. The standard InChI is InChI=1S/C15H23NO3/c1-10(17)12-7-6-8-13(9-12)19-11(2)14(18)16-15(3,4)5/h6-11,17H,1-5H3,(H,16,18). The monoisotopic (exact) mass is 265 g/mol. The molecule has 0 spiro atoms. The van der Waals surface area contributed by atoms with Gasteiger partial charge in [0.1, 0.15) is 5.75 Å². The van der Waals surface area contributed by atoms with E-state index in [-0.39, 0.29) is 11.4 Å². The Morgan fingerprint density at radius 3 is 2.47 bits per heavy atom. The number of aliphatic hydroxyl groups excluding tert-OH is 1. The van der Waals surface area contributed by atoms with E-state index in [9.17, 15) is 9.90 Å². The number of hydrogen-bond acceptors (Lipinski definition) is 3. The number of nitrogens with one attached hydrogen (secondary N) is 1. The van der Waals surface area contributed by atoms with Crippen LogP contribution >= 0.6 is 0 Å². The lowest BCUT2D eigenvalue weighted by atomic mass is 10.1. The Balaban J connectivity index is 2.69. The summed E-state index contributed by atoms with van der Waals surface area (Å²) in [6, 6.07) is 7.13. The molecule has 106 valence electrons. The van der Waals surface area contributed by atoms with Gasteiger partial charge in [-0.25, -0.2) is 0 Å². The smallest absolute Gasteiger partial charge is 0.261 e. The van der Waals surface area contributed by atoms with Crippen molar-refractivity contribution in [3.8, 4) is 5.75 Å². The molecule has 1 rings (SSSR count). The highest BCUT2D eigenvalue weighted by atomic mass is 16.5. The van der Waals surface area contributed by atoms with Crippen molar-refractivity contribution in [1.29, 1.82) is 0 Å². The second-order valence-electron chi connectivity index (χ2n) is 5.75. The molecular formula is C15H23NO3. The number of carbonyl (C=O) groups excluding carboxylic acids is 1. The first-order valence-electron chi connectivity index (χ1n) is 6.46. The number of hydrogen-bond donors (Lipinski definition) is 2. The fraction of sp³-hybridized carbons (Fsp3) is 0.533. The zero-order chi connectivity index (χ0) is 14.6. The lowest BCUT2D eigenvalue weighted by Crippen LogP contribution is -2.46. The third-order valence-electron chi connectivity index (χ3n) is 2.52. The normalized spacial score (nSPS) is 14.6. The maximum absolute atomic E-state index is 11.9. The third kappa shape index (κ3) is 5.30. The van der Waals surface area contributed by atoms with Crippen LogP contribution in [0.2, 0.25) is 0 Å². The third-order valence-corrected chi connectivity index (χ3v) is 2.52. The van der Waals surface area contributed by atoms with Crippen LogP contribution in [0.5, 0.6) is 5.75 Å². The molecule has 2 N–H and O–H groups in total.